The molecule has 0 saturated heterocycles. The Morgan fingerprint density at radius 3 is 1.22 bits per heavy atom. The van der Waals surface area contributed by atoms with Crippen LogP contribution in [0.3, 0.4) is 0 Å². The van der Waals surface area contributed by atoms with Gasteiger partial charge in [0.1, 0.15) is 19.3 Å². The van der Waals surface area contributed by atoms with Gasteiger partial charge in [0, 0.05) is 12.8 Å². The van der Waals surface area contributed by atoms with E-state index < -0.39 is 26.6 Å². The molecule has 0 saturated carbocycles. The van der Waals surface area contributed by atoms with Crippen molar-refractivity contribution in [3.05, 3.63) is 97.2 Å². The van der Waals surface area contributed by atoms with E-state index in [0.29, 0.717) is 23.9 Å². The van der Waals surface area contributed by atoms with E-state index in [0.717, 1.165) is 103 Å². The van der Waals surface area contributed by atoms with Gasteiger partial charge in [0.05, 0.1) is 33.8 Å². The average molecular weight is 1100 g/mol. The summed E-state index contributed by atoms with van der Waals surface area (Å²) >= 11 is 0. The quantitative estimate of drug-likeness (QED) is 0.0212. The molecule has 0 spiro atoms. The second-order valence-electron chi connectivity index (χ2n) is 22.2. The van der Waals surface area contributed by atoms with Crippen LogP contribution in [0.5, 0.6) is 0 Å². The molecule has 0 aliphatic carbocycles. The van der Waals surface area contributed by atoms with Crippen molar-refractivity contribution >= 4 is 19.7 Å². The first-order chi connectivity index (χ1) is 37.4. The molecule has 0 heterocycles. The Hall–Kier alpha value is -3.07. The summed E-state index contributed by atoms with van der Waals surface area (Å²) in [5, 5.41) is 3.02. The van der Waals surface area contributed by atoms with Crippen LogP contribution in [0.4, 0.5) is 0 Å². The first kappa shape index (κ1) is 73.9. The largest absolute Gasteiger partial charge is 0.756 e. The van der Waals surface area contributed by atoms with Crippen LogP contribution in [-0.2, 0) is 27.9 Å². The number of hydrogen-bond donors (Lipinski definition) is 1. The fourth-order valence-electron chi connectivity index (χ4n) is 8.57. The molecule has 0 aromatic carbocycles. The highest BCUT2D eigenvalue weighted by Crippen LogP contribution is 2.38. The summed E-state index contributed by atoms with van der Waals surface area (Å²) in [6.07, 6.45) is 75.1. The molecule has 0 aromatic heterocycles. The molecule has 0 bridgehead atoms. The number of allylic oxidation sites excluding steroid dienone is 15. The minimum absolute atomic E-state index is 0.0337. The van der Waals surface area contributed by atoms with Crippen LogP contribution in [0.1, 0.15) is 265 Å². The van der Waals surface area contributed by atoms with Crippen molar-refractivity contribution in [3.63, 3.8) is 0 Å². The van der Waals surface area contributed by atoms with E-state index in [4.69, 9.17) is 13.8 Å². The van der Waals surface area contributed by atoms with Crippen molar-refractivity contribution in [1.82, 2.24) is 5.32 Å². The van der Waals surface area contributed by atoms with Crippen molar-refractivity contribution < 1.29 is 37.3 Å². The maximum Gasteiger partial charge on any atom is 0.306 e. The molecule has 0 fully saturated rings. The molecule has 9 nitrogen and oxygen atoms in total. The Bertz CT molecular complexity index is 1640. The number of nitrogens with zero attached hydrogens (tertiary/aromatic N) is 1. The Balaban J connectivity index is 5.28. The van der Waals surface area contributed by atoms with E-state index in [9.17, 15) is 19.0 Å². The van der Waals surface area contributed by atoms with Crippen molar-refractivity contribution in [2.45, 2.75) is 277 Å². The number of carbonyl (C=O) groups is 2. The summed E-state index contributed by atoms with van der Waals surface area (Å²) in [5.74, 6) is -0.589. The Morgan fingerprint density at radius 2 is 0.792 bits per heavy atom. The smallest absolute Gasteiger partial charge is 0.306 e. The molecule has 0 rings (SSSR count). The lowest BCUT2D eigenvalue weighted by atomic mass is 10.0. The summed E-state index contributed by atoms with van der Waals surface area (Å²) in [6.45, 7) is 6.75. The van der Waals surface area contributed by atoms with Gasteiger partial charge in [0.25, 0.3) is 7.82 Å². The number of carbonyl (C=O) groups excluding carboxylic acids is 2. The third-order valence-corrected chi connectivity index (χ3v) is 14.5. The lowest BCUT2D eigenvalue weighted by Crippen LogP contribution is -2.47. The predicted octanol–water partition coefficient (Wildman–Crippen LogP) is 18.9. The van der Waals surface area contributed by atoms with Crippen LogP contribution in [0.25, 0.3) is 0 Å². The van der Waals surface area contributed by atoms with E-state index in [1.54, 1.807) is 0 Å². The summed E-state index contributed by atoms with van der Waals surface area (Å²) in [7, 11) is 1.15. The predicted molar refractivity (Wildman–Crippen MR) is 330 cm³/mol. The topological polar surface area (TPSA) is 114 Å². The van der Waals surface area contributed by atoms with Gasteiger partial charge in [-0.2, -0.15) is 0 Å². The summed E-state index contributed by atoms with van der Waals surface area (Å²) in [6, 6.07) is -0.911. The number of amides is 1. The molecule has 0 radical (unpaired) electrons. The average Bonchev–Trinajstić information content (AvgIpc) is 3.39. The van der Waals surface area contributed by atoms with Gasteiger partial charge in [0.15, 0.2) is 0 Å². The van der Waals surface area contributed by atoms with Gasteiger partial charge >= 0.3 is 5.97 Å². The van der Waals surface area contributed by atoms with Crippen LogP contribution < -0.4 is 10.2 Å². The second-order valence-corrected chi connectivity index (χ2v) is 23.6. The van der Waals surface area contributed by atoms with Crippen molar-refractivity contribution in [2.24, 2.45) is 0 Å². The number of quaternary nitrogens is 1. The van der Waals surface area contributed by atoms with Gasteiger partial charge < -0.3 is 28.5 Å². The number of phosphoric ester groups is 1. The van der Waals surface area contributed by atoms with Gasteiger partial charge in [-0.05, 0) is 115 Å². The molecule has 0 aliphatic heterocycles. The third kappa shape index (κ3) is 57.4. The van der Waals surface area contributed by atoms with Crippen LogP contribution >= 0.6 is 7.82 Å². The van der Waals surface area contributed by atoms with Gasteiger partial charge in [-0.3, -0.25) is 14.2 Å². The highest BCUT2D eigenvalue weighted by Gasteiger charge is 2.27. The lowest BCUT2D eigenvalue weighted by Gasteiger charge is -2.30. The Kier molecular flexibility index (Phi) is 54.0. The number of rotatable bonds is 56. The fraction of sp³-hybridized carbons (Fsp3) is 0.731. The summed E-state index contributed by atoms with van der Waals surface area (Å²) in [5.41, 5.74) is 0. The number of nitrogens with one attached hydrogen (secondary N) is 1. The monoisotopic (exact) mass is 1090 g/mol. The Morgan fingerprint density at radius 1 is 0.455 bits per heavy atom. The molecular formula is C67H119N2O7P. The summed E-state index contributed by atoms with van der Waals surface area (Å²) < 4.78 is 30.3. The highest BCUT2D eigenvalue weighted by molar-refractivity contribution is 7.45. The normalized spacial score (nSPS) is 14.3. The van der Waals surface area contributed by atoms with E-state index in [1.165, 1.54) is 122 Å². The third-order valence-electron chi connectivity index (χ3n) is 13.5. The van der Waals surface area contributed by atoms with Crippen molar-refractivity contribution in [3.8, 4) is 0 Å². The molecule has 3 atom stereocenters. The number of unbranched alkanes of at least 4 members (excludes halogenated alkanes) is 26. The van der Waals surface area contributed by atoms with Crippen molar-refractivity contribution in [2.75, 3.05) is 40.9 Å². The number of ether oxygens (including phenoxy) is 1. The standard InChI is InChI=1S/C67H119N2O7P/c1-7-10-13-16-19-22-25-27-29-31-33-34-36-37-39-41-44-47-50-53-56-59-66(70)68-64(63-75-77(72,73)74-62-61-69(4,5)6)65(58-55-52-49-46-43-24-21-18-15-12-9-3)76-67(71)60-57-54-51-48-45-42-40-38-35-32-30-28-26-23-20-17-14-11-8-2/h19-20,22-23,27-30,33-35,38,42,45,55,58,64-65H,7-18,21,24-26,31-32,36-37,39-41,43-44,46-54,56-57,59-63H2,1-6H3,(H-,68,70,72,73)/b22-19-,23-20-,29-27-,30-28-,34-33-,38-35-,45-42-,58-55+. The van der Waals surface area contributed by atoms with E-state index in [2.05, 4.69) is 111 Å². The second kappa shape index (κ2) is 56.2. The summed E-state index contributed by atoms with van der Waals surface area (Å²) in [4.78, 5) is 40.0. The van der Waals surface area contributed by atoms with Crippen LogP contribution in [0.2, 0.25) is 0 Å². The van der Waals surface area contributed by atoms with Gasteiger partial charge in [-0.1, -0.05) is 234 Å². The van der Waals surface area contributed by atoms with E-state index in [-0.39, 0.29) is 24.9 Å². The Labute approximate surface area is 475 Å². The molecule has 77 heavy (non-hydrogen) atoms. The first-order valence-corrected chi connectivity index (χ1v) is 33.0. The van der Waals surface area contributed by atoms with Crippen molar-refractivity contribution in [1.29, 1.82) is 0 Å². The zero-order valence-corrected chi connectivity index (χ0v) is 51.5. The minimum Gasteiger partial charge on any atom is -0.756 e. The maximum absolute atomic E-state index is 13.5. The fourth-order valence-corrected chi connectivity index (χ4v) is 9.29. The molecule has 3 unspecified atom stereocenters. The first-order valence-electron chi connectivity index (χ1n) is 31.5. The highest BCUT2D eigenvalue weighted by atomic mass is 31.2. The van der Waals surface area contributed by atoms with Crippen LogP contribution in [0, 0.1) is 0 Å². The molecule has 444 valence electrons. The minimum atomic E-state index is -4.71. The van der Waals surface area contributed by atoms with E-state index in [1.807, 2.05) is 33.3 Å². The number of likely N-dealkylation sites (N-methyl/N-ethyl adjacent to an activating group) is 1. The van der Waals surface area contributed by atoms with Gasteiger partial charge in [-0.25, -0.2) is 0 Å². The lowest BCUT2D eigenvalue weighted by molar-refractivity contribution is -0.870. The molecule has 1 amide bonds. The van der Waals surface area contributed by atoms with Gasteiger partial charge in [-0.15, -0.1) is 0 Å². The number of esters is 1. The number of hydrogen-bond acceptors (Lipinski definition) is 7. The molecule has 0 aliphatic rings. The van der Waals surface area contributed by atoms with Gasteiger partial charge in [0.2, 0.25) is 5.91 Å². The maximum atomic E-state index is 13.5. The van der Waals surface area contributed by atoms with E-state index >= 15 is 0 Å². The van der Waals surface area contributed by atoms with Crippen LogP contribution in [-0.4, -0.2) is 69.4 Å². The number of phosphoric acid groups is 1. The zero-order valence-electron chi connectivity index (χ0n) is 50.6. The SMILES string of the molecule is CCCCC/C=C\C/C=C\C/C=C\C/C=C\CCCCCC(=O)OC(/C=C/CCCCCCCCCCC)C(COP(=O)([O-])OCC[N+](C)(C)C)NC(=O)CCCCCCCCCC/C=C\C/C=C\C/C=C\CCCCC. The molecule has 0 aromatic rings. The molecule has 10 heteroatoms. The molecule has 1 N–H and O–H groups in total. The zero-order chi connectivity index (χ0) is 56.4. The van der Waals surface area contributed by atoms with Crippen LogP contribution in [0.15, 0.2) is 97.2 Å². The molecular weight excluding hydrogens is 976 g/mol.